The highest BCUT2D eigenvalue weighted by molar-refractivity contribution is 5.97. The van der Waals surface area contributed by atoms with E-state index in [1.165, 1.54) is 5.56 Å². The number of rotatable bonds is 5. The van der Waals surface area contributed by atoms with Crippen molar-refractivity contribution >= 4 is 11.6 Å². The fraction of sp³-hybridized carbons (Fsp3) is 0.294. The van der Waals surface area contributed by atoms with Crippen molar-refractivity contribution in [2.45, 2.75) is 32.2 Å². The van der Waals surface area contributed by atoms with Crippen molar-refractivity contribution in [3.05, 3.63) is 59.9 Å². The Labute approximate surface area is 125 Å². The molecule has 2 aromatic rings. The normalized spacial score (nSPS) is 11.1. The van der Waals surface area contributed by atoms with E-state index in [9.17, 15) is 4.79 Å². The van der Waals surface area contributed by atoms with Gasteiger partial charge in [0, 0.05) is 11.7 Å². The van der Waals surface area contributed by atoms with E-state index >= 15 is 0 Å². The molecule has 0 aliphatic carbocycles. The molecule has 4 heteroatoms. The van der Waals surface area contributed by atoms with Gasteiger partial charge in [0.05, 0.1) is 5.69 Å². The van der Waals surface area contributed by atoms with Crippen molar-refractivity contribution in [2.75, 3.05) is 5.73 Å². The zero-order valence-electron chi connectivity index (χ0n) is 12.5. The number of hydrogen-bond acceptors (Lipinski definition) is 3. The number of nitrogen functional groups attached to an aromatic ring is 1. The summed E-state index contributed by atoms with van der Waals surface area (Å²) in [6.07, 6.45) is 3.32. The predicted molar refractivity (Wildman–Crippen MR) is 85.0 cm³/mol. The maximum Gasteiger partial charge on any atom is 0.272 e. The maximum atomic E-state index is 12.2. The highest BCUT2D eigenvalue weighted by atomic mass is 16.2. The van der Waals surface area contributed by atoms with Crippen molar-refractivity contribution < 1.29 is 4.79 Å². The summed E-state index contributed by atoms with van der Waals surface area (Å²) < 4.78 is 0. The number of aryl methyl sites for hydroxylation is 1. The van der Waals surface area contributed by atoms with Crippen LogP contribution in [-0.2, 0) is 6.42 Å². The van der Waals surface area contributed by atoms with E-state index in [0.29, 0.717) is 5.69 Å². The van der Waals surface area contributed by atoms with Gasteiger partial charge in [-0.1, -0.05) is 30.3 Å². The topological polar surface area (TPSA) is 68.0 Å². The van der Waals surface area contributed by atoms with Crippen LogP contribution in [0.15, 0.2) is 48.7 Å². The van der Waals surface area contributed by atoms with Crippen LogP contribution in [0.2, 0.25) is 0 Å². The van der Waals surface area contributed by atoms with Crippen LogP contribution in [0, 0.1) is 0 Å². The highest BCUT2D eigenvalue weighted by Crippen LogP contribution is 2.15. The molecule has 2 rings (SSSR count). The molecular weight excluding hydrogens is 262 g/mol. The number of pyridine rings is 1. The maximum absolute atomic E-state index is 12.2. The Morgan fingerprint density at radius 2 is 1.90 bits per heavy atom. The fourth-order valence-corrected chi connectivity index (χ4v) is 2.14. The van der Waals surface area contributed by atoms with Crippen LogP contribution in [0.3, 0.4) is 0 Å². The van der Waals surface area contributed by atoms with Gasteiger partial charge in [0.15, 0.2) is 5.69 Å². The number of nitrogens with two attached hydrogens (primary N) is 1. The first-order chi connectivity index (χ1) is 9.98. The van der Waals surface area contributed by atoms with E-state index in [4.69, 9.17) is 5.73 Å². The Bertz CT molecular complexity index is 608. The van der Waals surface area contributed by atoms with E-state index in [-0.39, 0.29) is 17.1 Å². The van der Waals surface area contributed by atoms with Crippen LogP contribution in [0.4, 0.5) is 5.69 Å². The summed E-state index contributed by atoms with van der Waals surface area (Å²) in [4.78, 5) is 16.3. The monoisotopic (exact) mass is 283 g/mol. The molecule has 4 nitrogen and oxygen atoms in total. The summed E-state index contributed by atoms with van der Waals surface area (Å²) in [6.45, 7) is 4.01. The van der Waals surface area contributed by atoms with Gasteiger partial charge in [0.25, 0.3) is 5.91 Å². The molecule has 1 aromatic carbocycles. The van der Waals surface area contributed by atoms with Crippen molar-refractivity contribution in [3.63, 3.8) is 0 Å². The second-order valence-corrected chi connectivity index (χ2v) is 5.76. The third-order valence-electron chi connectivity index (χ3n) is 3.39. The first-order valence-corrected chi connectivity index (χ1v) is 7.05. The van der Waals surface area contributed by atoms with Gasteiger partial charge in [-0.05, 0) is 44.4 Å². The van der Waals surface area contributed by atoms with E-state index in [1.54, 1.807) is 18.3 Å². The number of nitrogens with one attached hydrogen (secondary N) is 1. The van der Waals surface area contributed by atoms with Gasteiger partial charge in [-0.25, -0.2) is 4.98 Å². The second kappa shape index (κ2) is 6.39. The minimum atomic E-state index is -0.323. The van der Waals surface area contributed by atoms with Crippen molar-refractivity contribution in [1.82, 2.24) is 10.3 Å². The van der Waals surface area contributed by atoms with Crippen LogP contribution >= 0.6 is 0 Å². The number of nitrogens with zero attached hydrogens (tertiary/aromatic N) is 1. The lowest BCUT2D eigenvalue weighted by molar-refractivity contribution is 0.0905. The Balaban J connectivity index is 1.97. The summed E-state index contributed by atoms with van der Waals surface area (Å²) in [5.74, 6) is -0.230. The molecule has 0 aliphatic heterocycles. The molecular formula is C17H21N3O. The van der Waals surface area contributed by atoms with Gasteiger partial charge in [0.2, 0.25) is 0 Å². The molecule has 0 saturated carbocycles. The second-order valence-electron chi connectivity index (χ2n) is 5.76. The molecule has 1 heterocycles. The average Bonchev–Trinajstić information content (AvgIpc) is 2.46. The number of carbonyl (C=O) groups excluding carboxylic acids is 1. The molecule has 0 fully saturated rings. The zero-order chi connectivity index (χ0) is 15.3. The summed E-state index contributed by atoms with van der Waals surface area (Å²) in [6, 6.07) is 13.6. The van der Waals surface area contributed by atoms with Gasteiger partial charge in [-0.3, -0.25) is 4.79 Å². The molecule has 1 aromatic heterocycles. The number of anilines is 1. The minimum absolute atomic E-state index is 0.230. The highest BCUT2D eigenvalue weighted by Gasteiger charge is 2.22. The van der Waals surface area contributed by atoms with Gasteiger partial charge in [-0.15, -0.1) is 0 Å². The quantitative estimate of drug-likeness (QED) is 0.886. The predicted octanol–water partition coefficient (Wildman–Crippen LogP) is 2.81. The van der Waals surface area contributed by atoms with Crippen LogP contribution < -0.4 is 11.1 Å². The molecule has 0 radical (unpaired) electrons. The van der Waals surface area contributed by atoms with Crippen molar-refractivity contribution in [3.8, 4) is 0 Å². The summed E-state index contributed by atoms with van der Waals surface area (Å²) in [5.41, 5.74) is 7.40. The zero-order valence-corrected chi connectivity index (χ0v) is 12.5. The lowest BCUT2D eigenvalue weighted by Gasteiger charge is -2.26. The minimum Gasteiger partial charge on any atom is -0.397 e. The molecule has 0 spiro atoms. The summed E-state index contributed by atoms with van der Waals surface area (Å²) >= 11 is 0. The SMILES string of the molecule is CC(C)(CCc1ccccc1)NC(=O)c1ncccc1N. The molecule has 21 heavy (non-hydrogen) atoms. The summed E-state index contributed by atoms with van der Waals surface area (Å²) in [5, 5.41) is 3.00. The smallest absolute Gasteiger partial charge is 0.272 e. The Kier molecular flexibility index (Phi) is 4.58. The first-order valence-electron chi connectivity index (χ1n) is 7.05. The standard InChI is InChI=1S/C17H21N3O/c1-17(2,11-10-13-7-4-3-5-8-13)20-16(21)15-14(18)9-6-12-19-15/h3-9,12H,10-11,18H2,1-2H3,(H,20,21). The van der Waals surface area contributed by atoms with Gasteiger partial charge in [-0.2, -0.15) is 0 Å². The van der Waals surface area contributed by atoms with Crippen molar-refractivity contribution in [1.29, 1.82) is 0 Å². The average molecular weight is 283 g/mol. The van der Waals surface area contributed by atoms with E-state index in [0.717, 1.165) is 12.8 Å². The molecule has 0 atom stereocenters. The van der Waals surface area contributed by atoms with E-state index < -0.39 is 0 Å². The number of carbonyl (C=O) groups is 1. The van der Waals surface area contributed by atoms with Gasteiger partial charge < -0.3 is 11.1 Å². The summed E-state index contributed by atoms with van der Waals surface area (Å²) in [7, 11) is 0. The number of aromatic nitrogens is 1. The molecule has 0 unspecified atom stereocenters. The van der Waals surface area contributed by atoms with Crippen LogP contribution in [-0.4, -0.2) is 16.4 Å². The molecule has 110 valence electrons. The molecule has 0 bridgehead atoms. The number of amides is 1. The van der Waals surface area contributed by atoms with Crippen LogP contribution in [0.5, 0.6) is 0 Å². The fourth-order valence-electron chi connectivity index (χ4n) is 2.14. The first kappa shape index (κ1) is 15.0. The van der Waals surface area contributed by atoms with Crippen LogP contribution in [0.25, 0.3) is 0 Å². The van der Waals surface area contributed by atoms with E-state index in [1.807, 2.05) is 32.0 Å². The molecule has 0 aliphatic rings. The lowest BCUT2D eigenvalue weighted by Crippen LogP contribution is -2.44. The molecule has 3 N–H and O–H groups in total. The number of benzene rings is 1. The third kappa shape index (κ3) is 4.31. The van der Waals surface area contributed by atoms with Gasteiger partial charge in [0.1, 0.15) is 0 Å². The third-order valence-corrected chi connectivity index (χ3v) is 3.39. The van der Waals surface area contributed by atoms with E-state index in [2.05, 4.69) is 22.4 Å². The van der Waals surface area contributed by atoms with Gasteiger partial charge >= 0.3 is 0 Å². The molecule has 0 saturated heterocycles. The molecule has 1 amide bonds. The Morgan fingerprint density at radius 1 is 1.19 bits per heavy atom. The van der Waals surface area contributed by atoms with Crippen LogP contribution in [0.1, 0.15) is 36.3 Å². The number of hydrogen-bond donors (Lipinski definition) is 2. The van der Waals surface area contributed by atoms with Crippen molar-refractivity contribution in [2.24, 2.45) is 0 Å². The largest absolute Gasteiger partial charge is 0.397 e. The Morgan fingerprint density at radius 3 is 2.57 bits per heavy atom. The lowest BCUT2D eigenvalue weighted by atomic mass is 9.95. The Hall–Kier alpha value is -2.36.